The summed E-state index contributed by atoms with van der Waals surface area (Å²) < 4.78 is 12.1. The van der Waals surface area contributed by atoms with Gasteiger partial charge in [0.15, 0.2) is 5.13 Å². The van der Waals surface area contributed by atoms with Crippen LogP contribution < -0.4 is 14.4 Å². The van der Waals surface area contributed by atoms with Gasteiger partial charge in [-0.25, -0.2) is 4.98 Å². The maximum atomic E-state index is 13.5. The first-order valence-corrected chi connectivity index (χ1v) is 13.5. The number of anilines is 1. The molecule has 1 saturated heterocycles. The lowest BCUT2D eigenvalue weighted by Crippen LogP contribution is -2.29. The van der Waals surface area contributed by atoms with Crippen LogP contribution in [0.3, 0.4) is 0 Å². The van der Waals surface area contributed by atoms with Crippen molar-refractivity contribution in [3.8, 4) is 11.5 Å². The normalized spacial score (nSPS) is 19.6. The fourth-order valence-corrected chi connectivity index (χ4v) is 6.12. The zero-order chi connectivity index (χ0) is 28.1. The minimum Gasteiger partial charge on any atom is -0.507 e. The van der Waals surface area contributed by atoms with E-state index in [1.165, 1.54) is 40.5 Å². The molecule has 2 aliphatic heterocycles. The van der Waals surface area contributed by atoms with Gasteiger partial charge in [-0.15, -0.1) is 0 Å². The highest BCUT2D eigenvalue weighted by Gasteiger charge is 2.48. The van der Waals surface area contributed by atoms with Gasteiger partial charge < -0.3 is 14.6 Å². The highest BCUT2D eigenvalue weighted by Crippen LogP contribution is 2.45. The Hall–Kier alpha value is -4.77. The van der Waals surface area contributed by atoms with Crippen molar-refractivity contribution < 1.29 is 29.1 Å². The van der Waals surface area contributed by atoms with Gasteiger partial charge in [-0.1, -0.05) is 11.3 Å². The van der Waals surface area contributed by atoms with Crippen molar-refractivity contribution in [3.63, 3.8) is 0 Å². The predicted molar refractivity (Wildman–Crippen MR) is 149 cm³/mol. The molecular weight excluding hydrogens is 534 g/mol. The van der Waals surface area contributed by atoms with Crippen LogP contribution in [0.25, 0.3) is 16.0 Å². The van der Waals surface area contributed by atoms with Crippen LogP contribution in [0.2, 0.25) is 0 Å². The SMILES string of the molecule is CCOc1ccc2nc(N3C(=O)C(=O)/C(=C(/O)c4ccc5c(c4)C[C@H](C)O5)[C@@H]3c3ccc([N+](=O)[O-])cc3)sc2c1. The fourth-order valence-electron chi connectivity index (χ4n) is 5.10. The molecule has 40 heavy (non-hydrogen) atoms. The largest absolute Gasteiger partial charge is 0.507 e. The van der Waals surface area contributed by atoms with Crippen molar-refractivity contribution in [2.45, 2.75) is 32.4 Å². The molecule has 3 aromatic carbocycles. The molecule has 6 rings (SSSR count). The number of amides is 1. The van der Waals surface area contributed by atoms with Crippen LogP contribution in [-0.2, 0) is 16.0 Å². The van der Waals surface area contributed by atoms with Gasteiger partial charge in [-0.2, -0.15) is 0 Å². The number of nitro groups is 1. The first-order chi connectivity index (χ1) is 19.2. The Morgan fingerprint density at radius 3 is 2.67 bits per heavy atom. The number of aliphatic hydroxyl groups excluding tert-OH is 1. The Bertz CT molecular complexity index is 1730. The summed E-state index contributed by atoms with van der Waals surface area (Å²) in [6, 6.07) is 15.0. The molecular formula is C29H23N3O7S. The summed E-state index contributed by atoms with van der Waals surface area (Å²) in [6.45, 7) is 4.30. The number of carbonyl (C=O) groups is 2. The van der Waals surface area contributed by atoms with Crippen molar-refractivity contribution in [1.29, 1.82) is 0 Å². The average Bonchev–Trinajstić information content (AvgIpc) is 3.60. The number of aromatic nitrogens is 1. The second-order valence-electron chi connectivity index (χ2n) is 9.53. The highest BCUT2D eigenvalue weighted by atomic mass is 32.1. The van der Waals surface area contributed by atoms with E-state index in [1.54, 1.807) is 30.3 Å². The third-order valence-corrected chi connectivity index (χ3v) is 7.92. The molecule has 0 radical (unpaired) electrons. The number of thiazole rings is 1. The van der Waals surface area contributed by atoms with Gasteiger partial charge in [-0.05, 0) is 73.5 Å². The summed E-state index contributed by atoms with van der Waals surface area (Å²) >= 11 is 1.21. The average molecular weight is 558 g/mol. The van der Waals surface area contributed by atoms with Crippen LogP contribution in [0.15, 0.2) is 66.2 Å². The molecule has 1 fully saturated rings. The monoisotopic (exact) mass is 557 g/mol. The zero-order valence-corrected chi connectivity index (χ0v) is 22.3. The summed E-state index contributed by atoms with van der Waals surface area (Å²) in [5, 5.41) is 23.0. The van der Waals surface area contributed by atoms with Crippen LogP contribution in [0.5, 0.6) is 11.5 Å². The van der Waals surface area contributed by atoms with Crippen LogP contribution in [0, 0.1) is 10.1 Å². The van der Waals surface area contributed by atoms with Gasteiger partial charge >= 0.3 is 5.91 Å². The van der Waals surface area contributed by atoms with E-state index in [2.05, 4.69) is 4.98 Å². The molecule has 202 valence electrons. The summed E-state index contributed by atoms with van der Waals surface area (Å²) in [5.74, 6) is -0.718. The Morgan fingerprint density at radius 2 is 1.95 bits per heavy atom. The van der Waals surface area contributed by atoms with E-state index in [4.69, 9.17) is 9.47 Å². The molecule has 0 bridgehead atoms. The van der Waals surface area contributed by atoms with E-state index >= 15 is 0 Å². The number of nitro benzene ring substituents is 1. The number of nitrogens with zero attached hydrogens (tertiary/aromatic N) is 3. The maximum Gasteiger partial charge on any atom is 0.301 e. The highest BCUT2D eigenvalue weighted by molar-refractivity contribution is 7.22. The molecule has 4 aromatic rings. The van der Waals surface area contributed by atoms with E-state index in [0.717, 1.165) is 10.3 Å². The van der Waals surface area contributed by atoms with Crippen molar-refractivity contribution in [3.05, 3.63) is 93.0 Å². The number of rotatable bonds is 6. The molecule has 0 spiro atoms. The van der Waals surface area contributed by atoms with Gasteiger partial charge in [0.05, 0.1) is 33.4 Å². The molecule has 0 saturated carbocycles. The van der Waals surface area contributed by atoms with Crippen molar-refractivity contribution in [2.24, 2.45) is 0 Å². The van der Waals surface area contributed by atoms with E-state index < -0.39 is 22.7 Å². The number of benzene rings is 3. The van der Waals surface area contributed by atoms with Crippen molar-refractivity contribution in [2.75, 3.05) is 11.5 Å². The zero-order valence-electron chi connectivity index (χ0n) is 21.5. The van der Waals surface area contributed by atoms with E-state index in [9.17, 15) is 24.8 Å². The minimum atomic E-state index is -1.06. The number of non-ortho nitro benzene ring substituents is 1. The number of ether oxygens (including phenoxy) is 2. The third-order valence-electron chi connectivity index (χ3n) is 6.90. The topological polar surface area (TPSA) is 132 Å². The molecule has 11 heteroatoms. The number of fused-ring (bicyclic) bond motifs is 2. The fraction of sp³-hybridized carbons (Fsp3) is 0.207. The molecule has 2 aliphatic rings. The predicted octanol–water partition coefficient (Wildman–Crippen LogP) is 5.55. The lowest BCUT2D eigenvalue weighted by Gasteiger charge is -2.23. The van der Waals surface area contributed by atoms with E-state index in [-0.39, 0.29) is 28.3 Å². The van der Waals surface area contributed by atoms with Crippen LogP contribution in [-0.4, -0.2) is 39.4 Å². The van der Waals surface area contributed by atoms with Crippen LogP contribution in [0.4, 0.5) is 10.8 Å². The summed E-state index contributed by atoms with van der Waals surface area (Å²) in [4.78, 5) is 43.7. The van der Waals surface area contributed by atoms with Gasteiger partial charge in [0.2, 0.25) is 0 Å². The lowest BCUT2D eigenvalue weighted by atomic mass is 9.94. The Kier molecular flexibility index (Phi) is 6.22. The first kappa shape index (κ1) is 25.5. The maximum absolute atomic E-state index is 13.5. The Morgan fingerprint density at radius 1 is 1.18 bits per heavy atom. The smallest absolute Gasteiger partial charge is 0.301 e. The third kappa shape index (κ3) is 4.24. The second kappa shape index (κ2) is 9.76. The van der Waals surface area contributed by atoms with Crippen molar-refractivity contribution >= 4 is 49.8 Å². The number of ketones is 1. The van der Waals surface area contributed by atoms with Crippen LogP contribution in [0.1, 0.15) is 36.6 Å². The standard InChI is InChI=1S/C29H23N3O7S/c1-3-38-20-9-10-21-23(14-20)40-29(30-21)31-25(16-4-7-19(8-5-16)32(36)37)24(27(34)28(31)35)26(33)17-6-11-22-18(13-17)12-15(2)39-22/h4-11,13-15,25,33H,3,12H2,1-2H3/b26-24+/t15-,25-/m0/s1. The summed E-state index contributed by atoms with van der Waals surface area (Å²) in [7, 11) is 0. The summed E-state index contributed by atoms with van der Waals surface area (Å²) in [6.07, 6.45) is 0.631. The molecule has 3 heterocycles. The Balaban J connectivity index is 1.51. The molecule has 0 aliphatic carbocycles. The molecule has 10 nitrogen and oxygen atoms in total. The number of carbonyl (C=O) groups excluding carboxylic acids is 2. The molecule has 2 atom stereocenters. The number of aliphatic hydroxyl groups is 1. The second-order valence-corrected chi connectivity index (χ2v) is 10.5. The lowest BCUT2D eigenvalue weighted by molar-refractivity contribution is -0.384. The number of hydrogen-bond acceptors (Lipinski definition) is 9. The minimum absolute atomic E-state index is 0.0136. The molecule has 1 N–H and O–H groups in total. The molecule has 0 unspecified atom stereocenters. The first-order valence-electron chi connectivity index (χ1n) is 12.6. The van der Waals surface area contributed by atoms with Gasteiger partial charge in [0, 0.05) is 24.1 Å². The van der Waals surface area contributed by atoms with Gasteiger partial charge in [0.25, 0.3) is 11.5 Å². The van der Waals surface area contributed by atoms with Gasteiger partial charge in [-0.3, -0.25) is 24.6 Å². The molecule has 1 aromatic heterocycles. The number of hydrogen-bond donors (Lipinski definition) is 1. The van der Waals surface area contributed by atoms with Crippen LogP contribution >= 0.6 is 11.3 Å². The van der Waals surface area contributed by atoms with Gasteiger partial charge in [0.1, 0.15) is 23.4 Å². The van der Waals surface area contributed by atoms with Crippen molar-refractivity contribution in [1.82, 2.24) is 4.98 Å². The molecule has 1 amide bonds. The number of Topliss-reactive ketones (excluding diaryl/α,β-unsaturated/α-hetero) is 1. The Labute approximate surface area is 232 Å². The quantitative estimate of drug-likeness (QED) is 0.107. The van der Waals surface area contributed by atoms with E-state index in [1.807, 2.05) is 19.9 Å². The summed E-state index contributed by atoms with van der Waals surface area (Å²) in [5.41, 5.74) is 2.01. The van der Waals surface area contributed by atoms with E-state index in [0.29, 0.717) is 41.2 Å².